The monoisotopic (exact) mass is 190 g/mol. The second-order valence-electron chi connectivity index (χ2n) is 4.90. The number of rotatable bonds is 0. The first kappa shape index (κ1) is 9.38. The van der Waals surface area contributed by atoms with Gasteiger partial charge in [-0.3, -0.25) is 0 Å². The molecule has 3 N–H and O–H groups in total. The molecule has 0 bridgehead atoms. The summed E-state index contributed by atoms with van der Waals surface area (Å²) in [6.07, 6.45) is 2.30. The van der Waals surface area contributed by atoms with Crippen molar-refractivity contribution in [1.29, 1.82) is 0 Å². The number of nitrogens with two attached hydrogens (primary N) is 1. The van der Waals surface area contributed by atoms with Crippen molar-refractivity contribution in [3.63, 3.8) is 0 Å². The lowest BCUT2D eigenvalue weighted by Crippen LogP contribution is -2.35. The summed E-state index contributed by atoms with van der Waals surface area (Å²) >= 11 is 0. The molecule has 0 saturated heterocycles. The Bertz CT molecular complexity index is 367. The first-order valence-corrected chi connectivity index (χ1v) is 5.15. The Labute approximate surface area is 85.5 Å². The van der Waals surface area contributed by atoms with Crippen molar-refractivity contribution in [1.82, 2.24) is 0 Å². The standard InChI is InChI=1S/C12H18N2/c1-8-6-9-4-5-12(2,3)14-11(9)10(13)7-8/h6-7,14H,4-5,13H2,1-3H3. The largest absolute Gasteiger partial charge is 0.397 e. The maximum absolute atomic E-state index is 6.00. The second kappa shape index (κ2) is 2.91. The van der Waals surface area contributed by atoms with Crippen molar-refractivity contribution in [2.24, 2.45) is 0 Å². The third-order valence-electron chi connectivity index (χ3n) is 2.88. The molecule has 1 aromatic rings. The van der Waals surface area contributed by atoms with E-state index >= 15 is 0 Å². The van der Waals surface area contributed by atoms with Gasteiger partial charge in [-0.25, -0.2) is 0 Å². The van der Waals surface area contributed by atoms with Crippen LogP contribution in [0.4, 0.5) is 11.4 Å². The van der Waals surface area contributed by atoms with E-state index in [9.17, 15) is 0 Å². The van der Waals surface area contributed by atoms with Gasteiger partial charge in [0.1, 0.15) is 0 Å². The van der Waals surface area contributed by atoms with Gasteiger partial charge in [0.25, 0.3) is 0 Å². The molecule has 14 heavy (non-hydrogen) atoms. The van der Waals surface area contributed by atoms with Crippen LogP contribution in [-0.4, -0.2) is 5.54 Å². The van der Waals surface area contributed by atoms with Gasteiger partial charge in [0, 0.05) is 5.54 Å². The zero-order valence-corrected chi connectivity index (χ0v) is 9.15. The minimum Gasteiger partial charge on any atom is -0.397 e. The summed E-state index contributed by atoms with van der Waals surface area (Å²) in [5.74, 6) is 0. The molecule has 0 unspecified atom stereocenters. The molecule has 1 aliphatic rings. The number of nitrogens with one attached hydrogen (secondary N) is 1. The Morgan fingerprint density at radius 2 is 2.07 bits per heavy atom. The number of fused-ring (bicyclic) bond motifs is 1. The Morgan fingerprint density at radius 1 is 1.36 bits per heavy atom. The number of hydrogen-bond acceptors (Lipinski definition) is 2. The fourth-order valence-electron chi connectivity index (χ4n) is 2.09. The van der Waals surface area contributed by atoms with E-state index in [-0.39, 0.29) is 5.54 Å². The summed E-state index contributed by atoms with van der Waals surface area (Å²) in [5.41, 5.74) is 10.8. The van der Waals surface area contributed by atoms with Crippen molar-refractivity contribution >= 4 is 11.4 Å². The zero-order valence-electron chi connectivity index (χ0n) is 9.15. The lowest BCUT2D eigenvalue weighted by Gasteiger charge is -2.34. The van der Waals surface area contributed by atoms with Gasteiger partial charge in [0.05, 0.1) is 11.4 Å². The van der Waals surface area contributed by atoms with Gasteiger partial charge in [0.2, 0.25) is 0 Å². The van der Waals surface area contributed by atoms with Crippen LogP contribution in [0.15, 0.2) is 12.1 Å². The number of benzene rings is 1. The Hall–Kier alpha value is -1.18. The molecule has 1 heterocycles. The smallest absolute Gasteiger partial charge is 0.0610 e. The minimum atomic E-state index is 0.177. The first-order valence-electron chi connectivity index (χ1n) is 5.15. The van der Waals surface area contributed by atoms with Gasteiger partial charge < -0.3 is 11.1 Å². The summed E-state index contributed by atoms with van der Waals surface area (Å²) in [7, 11) is 0. The minimum absolute atomic E-state index is 0.177. The molecule has 2 nitrogen and oxygen atoms in total. The molecule has 1 aliphatic heterocycles. The van der Waals surface area contributed by atoms with Crippen LogP contribution in [0.3, 0.4) is 0 Å². The number of aryl methyl sites for hydroxylation is 2. The van der Waals surface area contributed by atoms with Gasteiger partial charge in [-0.15, -0.1) is 0 Å². The third kappa shape index (κ3) is 1.57. The first-order chi connectivity index (χ1) is 6.48. The molecule has 0 fully saturated rings. The molecule has 0 aliphatic carbocycles. The average Bonchev–Trinajstić information content (AvgIpc) is 2.06. The number of nitrogen functional groups attached to an aromatic ring is 1. The van der Waals surface area contributed by atoms with Crippen molar-refractivity contribution in [2.75, 3.05) is 11.1 Å². The van der Waals surface area contributed by atoms with Gasteiger partial charge in [-0.2, -0.15) is 0 Å². The number of anilines is 2. The molecule has 0 aromatic heterocycles. The lowest BCUT2D eigenvalue weighted by molar-refractivity contribution is 0.502. The molecule has 0 saturated carbocycles. The van der Waals surface area contributed by atoms with Crippen LogP contribution in [0.5, 0.6) is 0 Å². The maximum Gasteiger partial charge on any atom is 0.0610 e. The maximum atomic E-state index is 6.00. The van der Waals surface area contributed by atoms with Crippen LogP contribution in [0, 0.1) is 6.92 Å². The van der Waals surface area contributed by atoms with E-state index in [2.05, 4.69) is 32.2 Å². The van der Waals surface area contributed by atoms with E-state index < -0.39 is 0 Å². The van der Waals surface area contributed by atoms with E-state index in [1.54, 1.807) is 0 Å². The summed E-state index contributed by atoms with van der Waals surface area (Å²) < 4.78 is 0. The molecule has 1 aromatic carbocycles. The molecular weight excluding hydrogens is 172 g/mol. The molecule has 0 amide bonds. The number of hydrogen-bond donors (Lipinski definition) is 2. The van der Waals surface area contributed by atoms with Gasteiger partial charge in [-0.1, -0.05) is 6.07 Å². The molecule has 2 rings (SSSR count). The lowest BCUT2D eigenvalue weighted by atomic mass is 9.88. The predicted molar refractivity (Wildman–Crippen MR) is 61.6 cm³/mol. The highest BCUT2D eigenvalue weighted by Gasteiger charge is 2.25. The average molecular weight is 190 g/mol. The van der Waals surface area contributed by atoms with Crippen LogP contribution in [-0.2, 0) is 6.42 Å². The fourth-order valence-corrected chi connectivity index (χ4v) is 2.09. The summed E-state index contributed by atoms with van der Waals surface area (Å²) in [6, 6.07) is 4.27. The summed E-state index contributed by atoms with van der Waals surface area (Å²) in [6.45, 7) is 6.53. The van der Waals surface area contributed by atoms with Gasteiger partial charge in [0.15, 0.2) is 0 Å². The fraction of sp³-hybridized carbons (Fsp3) is 0.500. The molecule has 76 valence electrons. The van der Waals surface area contributed by atoms with Crippen molar-refractivity contribution in [3.05, 3.63) is 23.3 Å². The third-order valence-corrected chi connectivity index (χ3v) is 2.88. The topological polar surface area (TPSA) is 38.0 Å². The van der Waals surface area contributed by atoms with Crippen molar-refractivity contribution in [2.45, 2.75) is 39.2 Å². The second-order valence-corrected chi connectivity index (χ2v) is 4.90. The van der Waals surface area contributed by atoms with Crippen molar-refractivity contribution in [3.8, 4) is 0 Å². The molecule has 0 spiro atoms. The Morgan fingerprint density at radius 3 is 2.79 bits per heavy atom. The SMILES string of the molecule is Cc1cc(N)c2c(c1)CCC(C)(C)N2. The van der Waals surface area contributed by atoms with Crippen LogP contribution < -0.4 is 11.1 Å². The zero-order chi connectivity index (χ0) is 10.3. The Kier molecular flexibility index (Phi) is 1.95. The Balaban J connectivity index is 2.47. The van der Waals surface area contributed by atoms with Crippen LogP contribution in [0.2, 0.25) is 0 Å². The van der Waals surface area contributed by atoms with E-state index in [1.165, 1.54) is 17.5 Å². The van der Waals surface area contributed by atoms with E-state index in [4.69, 9.17) is 5.73 Å². The van der Waals surface area contributed by atoms with E-state index in [1.807, 2.05) is 6.07 Å². The summed E-state index contributed by atoms with van der Waals surface area (Å²) in [4.78, 5) is 0. The quantitative estimate of drug-likeness (QED) is 0.617. The highest BCUT2D eigenvalue weighted by atomic mass is 15.0. The van der Waals surface area contributed by atoms with Crippen LogP contribution in [0.1, 0.15) is 31.4 Å². The van der Waals surface area contributed by atoms with Crippen LogP contribution in [0.25, 0.3) is 0 Å². The van der Waals surface area contributed by atoms with Gasteiger partial charge in [-0.05, 0) is 50.8 Å². The molecule has 0 atom stereocenters. The normalized spacial score (nSPS) is 18.5. The van der Waals surface area contributed by atoms with Gasteiger partial charge >= 0.3 is 0 Å². The molecule has 2 heteroatoms. The molecular formula is C12H18N2. The van der Waals surface area contributed by atoms with Crippen molar-refractivity contribution < 1.29 is 0 Å². The molecule has 0 radical (unpaired) electrons. The van der Waals surface area contributed by atoms with Crippen LogP contribution >= 0.6 is 0 Å². The highest BCUT2D eigenvalue weighted by molar-refractivity contribution is 5.73. The van der Waals surface area contributed by atoms with E-state index in [0.29, 0.717) is 0 Å². The predicted octanol–water partition coefficient (Wildman–Crippen LogP) is 2.71. The van der Waals surface area contributed by atoms with E-state index in [0.717, 1.165) is 17.8 Å². The highest BCUT2D eigenvalue weighted by Crippen LogP contribution is 2.35. The summed E-state index contributed by atoms with van der Waals surface area (Å²) in [5, 5.41) is 3.51.